The third-order valence-electron chi connectivity index (χ3n) is 5.23. The Kier molecular flexibility index (Phi) is 7.15. The maximum atomic E-state index is 13.1. The Morgan fingerprint density at radius 3 is 2.52 bits per heavy atom. The average molecular weight is 488 g/mol. The van der Waals surface area contributed by atoms with E-state index in [0.29, 0.717) is 11.3 Å². The zero-order valence-corrected chi connectivity index (χ0v) is 19.4. The summed E-state index contributed by atoms with van der Waals surface area (Å²) in [6, 6.07) is 1.03. The molecule has 0 saturated heterocycles. The molecule has 1 fully saturated rings. The van der Waals surface area contributed by atoms with E-state index in [1.54, 1.807) is 20.8 Å². The smallest absolute Gasteiger partial charge is 0.435 e. The zero-order chi connectivity index (χ0) is 24.5. The molecule has 1 unspecified atom stereocenters. The molecule has 3 rings (SSSR count). The van der Waals surface area contributed by atoms with Crippen LogP contribution in [0.5, 0.6) is 0 Å². The summed E-state index contributed by atoms with van der Waals surface area (Å²) >= 11 is 0.877. The molecule has 12 heteroatoms. The molecule has 8 nitrogen and oxygen atoms in total. The first-order valence-corrected chi connectivity index (χ1v) is 11.1. The highest BCUT2D eigenvalue weighted by molar-refractivity contribution is 7.18. The third kappa shape index (κ3) is 5.37. The molecule has 1 N–H and O–H groups in total. The molecule has 0 spiro atoms. The molecule has 0 aromatic carbocycles. The molecule has 1 atom stereocenters. The van der Waals surface area contributed by atoms with Crippen LogP contribution in [0.2, 0.25) is 0 Å². The fourth-order valence-electron chi connectivity index (χ4n) is 3.34. The van der Waals surface area contributed by atoms with E-state index >= 15 is 0 Å². The van der Waals surface area contributed by atoms with E-state index in [0.717, 1.165) is 30.2 Å². The number of methoxy groups -OCH3 is 1. The number of rotatable bonds is 8. The van der Waals surface area contributed by atoms with E-state index in [9.17, 15) is 27.6 Å². The van der Waals surface area contributed by atoms with Gasteiger partial charge in [0.2, 0.25) is 5.91 Å². The standard InChI is InChI=1S/C21H24F3N3O5S/c1-5-32-20(30)16-11(3)15(19(29)31-4)18(33-16)25-17(28)10(2)9-27-13(12-6-7-12)8-14(26-27)21(22,23)24/h8,10,12H,5-7,9H2,1-4H3,(H,25,28). The van der Waals surface area contributed by atoms with Crippen LogP contribution in [0.1, 0.15) is 69.6 Å². The number of nitrogens with zero attached hydrogens (tertiary/aromatic N) is 2. The molecule has 2 aromatic rings. The van der Waals surface area contributed by atoms with Crippen molar-refractivity contribution in [1.29, 1.82) is 0 Å². The molecule has 0 aliphatic heterocycles. The summed E-state index contributed by atoms with van der Waals surface area (Å²) in [7, 11) is 1.17. The van der Waals surface area contributed by atoms with Crippen LogP contribution in [0.3, 0.4) is 0 Å². The van der Waals surface area contributed by atoms with Crippen molar-refractivity contribution < 1.29 is 37.0 Å². The van der Waals surface area contributed by atoms with Gasteiger partial charge in [-0.1, -0.05) is 6.92 Å². The lowest BCUT2D eigenvalue weighted by atomic mass is 10.1. The number of hydrogen-bond acceptors (Lipinski definition) is 7. The Balaban J connectivity index is 1.83. The Morgan fingerprint density at radius 1 is 1.30 bits per heavy atom. The molecule has 1 saturated carbocycles. The van der Waals surface area contributed by atoms with E-state index in [4.69, 9.17) is 9.47 Å². The third-order valence-corrected chi connectivity index (χ3v) is 6.41. The fourth-order valence-corrected chi connectivity index (χ4v) is 4.43. The van der Waals surface area contributed by atoms with Crippen LogP contribution < -0.4 is 5.32 Å². The van der Waals surface area contributed by atoms with Gasteiger partial charge in [0.1, 0.15) is 9.88 Å². The molecular weight excluding hydrogens is 463 g/mol. The average Bonchev–Trinajstić information content (AvgIpc) is 3.41. The van der Waals surface area contributed by atoms with Crippen LogP contribution >= 0.6 is 11.3 Å². The topological polar surface area (TPSA) is 99.5 Å². The van der Waals surface area contributed by atoms with Gasteiger partial charge in [0.15, 0.2) is 5.69 Å². The first kappa shape index (κ1) is 24.7. The van der Waals surface area contributed by atoms with Crippen molar-refractivity contribution in [2.75, 3.05) is 19.0 Å². The minimum atomic E-state index is -4.58. The number of thiophene rings is 1. The minimum absolute atomic E-state index is 0.00173. The maximum absolute atomic E-state index is 13.1. The van der Waals surface area contributed by atoms with Crippen molar-refractivity contribution >= 4 is 34.2 Å². The quantitative estimate of drug-likeness (QED) is 0.555. The van der Waals surface area contributed by atoms with Crippen molar-refractivity contribution in [3.8, 4) is 0 Å². The van der Waals surface area contributed by atoms with Crippen LogP contribution in [-0.4, -0.2) is 41.3 Å². The van der Waals surface area contributed by atoms with Crippen molar-refractivity contribution in [2.45, 2.75) is 52.3 Å². The summed E-state index contributed by atoms with van der Waals surface area (Å²) in [4.78, 5) is 37.5. The summed E-state index contributed by atoms with van der Waals surface area (Å²) < 4.78 is 50.4. The summed E-state index contributed by atoms with van der Waals surface area (Å²) in [5.41, 5.74) is -0.193. The lowest BCUT2D eigenvalue weighted by Gasteiger charge is -2.14. The second kappa shape index (κ2) is 9.54. The first-order chi connectivity index (χ1) is 15.5. The van der Waals surface area contributed by atoms with Gasteiger partial charge in [-0.15, -0.1) is 11.3 Å². The van der Waals surface area contributed by atoms with Crippen LogP contribution in [0.25, 0.3) is 0 Å². The number of nitrogens with one attached hydrogen (secondary N) is 1. The fraction of sp³-hybridized carbons (Fsp3) is 0.524. The van der Waals surface area contributed by atoms with Gasteiger partial charge >= 0.3 is 18.1 Å². The molecule has 0 bridgehead atoms. The summed E-state index contributed by atoms with van der Waals surface area (Å²) in [6.07, 6.45) is -3.03. The Hall–Kier alpha value is -2.89. The van der Waals surface area contributed by atoms with E-state index in [1.165, 1.54) is 11.8 Å². The van der Waals surface area contributed by atoms with Gasteiger partial charge in [0, 0.05) is 11.6 Å². The molecule has 1 amide bonds. The summed E-state index contributed by atoms with van der Waals surface area (Å²) in [6.45, 7) is 4.79. The van der Waals surface area contributed by atoms with Crippen molar-refractivity contribution in [3.63, 3.8) is 0 Å². The number of alkyl halides is 3. The van der Waals surface area contributed by atoms with Gasteiger partial charge in [-0.25, -0.2) is 9.59 Å². The molecule has 1 aliphatic rings. The number of amides is 1. The molecular formula is C21H24F3N3O5S. The molecule has 2 heterocycles. The normalized spacial score (nSPS) is 14.6. The highest BCUT2D eigenvalue weighted by atomic mass is 32.1. The maximum Gasteiger partial charge on any atom is 0.435 e. The molecule has 33 heavy (non-hydrogen) atoms. The van der Waals surface area contributed by atoms with Gasteiger partial charge in [0.05, 0.1) is 31.7 Å². The lowest BCUT2D eigenvalue weighted by Crippen LogP contribution is -2.26. The molecule has 1 aliphatic carbocycles. The largest absolute Gasteiger partial charge is 0.465 e. The second-order valence-electron chi connectivity index (χ2n) is 7.77. The zero-order valence-electron chi connectivity index (χ0n) is 18.5. The summed E-state index contributed by atoms with van der Waals surface area (Å²) in [5, 5.41) is 6.39. The monoisotopic (exact) mass is 487 g/mol. The first-order valence-electron chi connectivity index (χ1n) is 10.3. The van der Waals surface area contributed by atoms with Crippen molar-refractivity contribution in [1.82, 2.24) is 9.78 Å². The van der Waals surface area contributed by atoms with E-state index < -0.39 is 35.6 Å². The van der Waals surface area contributed by atoms with Gasteiger partial charge in [-0.2, -0.15) is 18.3 Å². The van der Waals surface area contributed by atoms with Crippen LogP contribution in [-0.2, 0) is 27.0 Å². The Labute approximate surface area is 192 Å². The molecule has 0 radical (unpaired) electrons. The van der Waals surface area contributed by atoms with Crippen LogP contribution in [0.4, 0.5) is 18.2 Å². The number of carbonyl (C=O) groups excluding carboxylic acids is 3. The van der Waals surface area contributed by atoms with Crippen LogP contribution in [0.15, 0.2) is 6.07 Å². The van der Waals surface area contributed by atoms with Crippen molar-refractivity contribution in [3.05, 3.63) is 33.5 Å². The SMILES string of the molecule is CCOC(=O)c1sc(NC(=O)C(C)Cn2nc(C(F)(F)F)cc2C2CC2)c(C(=O)OC)c1C. The number of carbonyl (C=O) groups is 3. The van der Waals surface area contributed by atoms with Gasteiger partial charge < -0.3 is 14.8 Å². The van der Waals surface area contributed by atoms with Gasteiger partial charge in [0.25, 0.3) is 0 Å². The number of halogens is 3. The number of ether oxygens (including phenoxy) is 2. The summed E-state index contributed by atoms with van der Waals surface area (Å²) in [5.74, 6) is -2.68. The van der Waals surface area contributed by atoms with Gasteiger partial charge in [-0.3, -0.25) is 9.48 Å². The highest BCUT2D eigenvalue weighted by Crippen LogP contribution is 2.42. The number of hydrogen-bond donors (Lipinski definition) is 1. The second-order valence-corrected chi connectivity index (χ2v) is 8.79. The highest BCUT2D eigenvalue weighted by Gasteiger charge is 2.38. The van der Waals surface area contributed by atoms with Gasteiger partial charge in [-0.05, 0) is 38.3 Å². The van der Waals surface area contributed by atoms with Crippen molar-refractivity contribution in [2.24, 2.45) is 5.92 Å². The lowest BCUT2D eigenvalue weighted by molar-refractivity contribution is -0.141. The minimum Gasteiger partial charge on any atom is -0.465 e. The Bertz CT molecular complexity index is 1070. The van der Waals surface area contributed by atoms with E-state index in [-0.39, 0.29) is 34.5 Å². The predicted octanol–water partition coefficient (Wildman–Crippen LogP) is 4.39. The van der Waals surface area contributed by atoms with E-state index in [1.807, 2.05) is 0 Å². The number of anilines is 1. The molecule has 180 valence electrons. The predicted molar refractivity (Wildman–Crippen MR) is 113 cm³/mol. The Morgan fingerprint density at radius 2 is 1.97 bits per heavy atom. The number of aromatic nitrogens is 2. The molecule has 2 aromatic heterocycles. The number of esters is 2. The van der Waals surface area contributed by atoms with Crippen LogP contribution in [0, 0.1) is 12.8 Å². The van der Waals surface area contributed by atoms with E-state index in [2.05, 4.69) is 10.4 Å².